The molecule has 0 aliphatic carbocycles. The van der Waals surface area contributed by atoms with Crippen LogP contribution in [0.25, 0.3) is 0 Å². The fourth-order valence-electron chi connectivity index (χ4n) is 1.24. The number of hydrogen-bond donors (Lipinski definition) is 1. The van der Waals surface area contributed by atoms with Crippen LogP contribution in [0.15, 0.2) is 18.5 Å². The van der Waals surface area contributed by atoms with Gasteiger partial charge in [0.2, 0.25) is 5.91 Å². The molecule has 1 atom stereocenters. The van der Waals surface area contributed by atoms with E-state index in [2.05, 4.69) is 5.10 Å². The minimum Gasteiger partial charge on any atom is -0.344 e. The van der Waals surface area contributed by atoms with E-state index in [4.69, 9.17) is 5.73 Å². The fraction of sp³-hybridized carbons (Fsp3) is 0.600. The second-order valence-corrected chi connectivity index (χ2v) is 3.77. The number of nitrogens with two attached hydrogens (primary N) is 1. The van der Waals surface area contributed by atoms with Crippen LogP contribution in [0.2, 0.25) is 0 Å². The molecule has 0 aromatic carbocycles. The number of carbonyl (C=O) groups excluding carboxylic acids is 1. The Morgan fingerprint density at radius 2 is 2.18 bits per heavy atom. The van der Waals surface area contributed by atoms with Gasteiger partial charge in [-0.2, -0.15) is 5.10 Å². The summed E-state index contributed by atoms with van der Waals surface area (Å²) in [5.74, 6) is 0.0807. The molecule has 0 spiro atoms. The number of likely N-dealkylation sites (N-methyl/N-ethyl adjacent to an activating group) is 1. The second kappa shape index (κ2) is 9.27. The summed E-state index contributed by atoms with van der Waals surface area (Å²) >= 11 is 0. The van der Waals surface area contributed by atoms with Crippen LogP contribution in [0, 0.1) is 0 Å². The van der Waals surface area contributed by atoms with E-state index >= 15 is 0 Å². The minimum absolute atomic E-state index is 0. The zero-order valence-corrected chi connectivity index (χ0v) is 11.7. The molecule has 100 valence electrons. The largest absolute Gasteiger partial charge is 0.344 e. The lowest BCUT2D eigenvalue weighted by molar-refractivity contribution is -0.130. The first-order chi connectivity index (χ1) is 7.09. The molecular weight excluding hydrogens is 263 g/mol. The number of aromatic nitrogens is 2. The Bertz CT molecular complexity index is 303. The number of hydrogen-bond acceptors (Lipinski definition) is 3. The average molecular weight is 283 g/mol. The van der Waals surface area contributed by atoms with E-state index in [1.807, 2.05) is 19.2 Å². The van der Waals surface area contributed by atoms with Crippen LogP contribution in [0.1, 0.15) is 13.3 Å². The molecule has 1 heterocycles. The zero-order valence-electron chi connectivity index (χ0n) is 10.1. The summed E-state index contributed by atoms with van der Waals surface area (Å²) in [4.78, 5) is 13.2. The first-order valence-electron chi connectivity index (χ1n) is 5.06. The molecule has 0 bridgehead atoms. The Labute approximate surface area is 114 Å². The smallest absolute Gasteiger partial charge is 0.223 e. The molecule has 1 aromatic heterocycles. The highest BCUT2D eigenvalue weighted by atomic mass is 35.5. The molecule has 0 fully saturated rings. The maximum absolute atomic E-state index is 11.5. The van der Waals surface area contributed by atoms with Crippen LogP contribution in [0.4, 0.5) is 0 Å². The van der Waals surface area contributed by atoms with Gasteiger partial charge in [0, 0.05) is 38.4 Å². The molecular formula is C10H20Cl2N4O. The lowest BCUT2D eigenvalue weighted by atomic mass is 10.2. The molecule has 5 nitrogen and oxygen atoms in total. The normalized spacial score (nSPS) is 11.0. The highest BCUT2D eigenvalue weighted by Crippen LogP contribution is 1.95. The lowest BCUT2D eigenvalue weighted by Crippen LogP contribution is -2.34. The van der Waals surface area contributed by atoms with E-state index < -0.39 is 0 Å². The first kappa shape index (κ1) is 18.6. The summed E-state index contributed by atoms with van der Waals surface area (Å²) < 4.78 is 1.80. The molecule has 1 amide bonds. The van der Waals surface area contributed by atoms with Crippen LogP contribution in [0.5, 0.6) is 0 Å². The van der Waals surface area contributed by atoms with Crippen molar-refractivity contribution >= 4 is 30.7 Å². The molecule has 0 aliphatic rings. The lowest BCUT2D eigenvalue weighted by Gasteiger charge is -2.18. The van der Waals surface area contributed by atoms with Gasteiger partial charge in [0.1, 0.15) is 0 Å². The molecule has 17 heavy (non-hydrogen) atoms. The summed E-state index contributed by atoms with van der Waals surface area (Å²) in [6.07, 6.45) is 4.00. The van der Waals surface area contributed by atoms with E-state index in [1.165, 1.54) is 0 Å². The number of nitrogens with zero attached hydrogens (tertiary/aromatic N) is 3. The predicted molar refractivity (Wildman–Crippen MR) is 72.6 cm³/mol. The van der Waals surface area contributed by atoms with Crippen LogP contribution in [0.3, 0.4) is 0 Å². The van der Waals surface area contributed by atoms with Crippen molar-refractivity contribution in [3.05, 3.63) is 18.5 Å². The first-order valence-corrected chi connectivity index (χ1v) is 5.06. The summed E-state index contributed by atoms with van der Waals surface area (Å²) in [6.45, 7) is 3.21. The molecule has 0 aliphatic heterocycles. The van der Waals surface area contributed by atoms with Gasteiger partial charge in [0.05, 0.1) is 6.54 Å². The van der Waals surface area contributed by atoms with Crippen LogP contribution in [-0.2, 0) is 11.3 Å². The van der Waals surface area contributed by atoms with Crippen molar-refractivity contribution in [2.24, 2.45) is 5.73 Å². The molecule has 0 radical (unpaired) electrons. The van der Waals surface area contributed by atoms with Gasteiger partial charge in [-0.3, -0.25) is 9.48 Å². The van der Waals surface area contributed by atoms with E-state index in [9.17, 15) is 4.79 Å². The third kappa shape index (κ3) is 7.20. The van der Waals surface area contributed by atoms with Crippen molar-refractivity contribution in [1.82, 2.24) is 14.7 Å². The Morgan fingerprint density at radius 1 is 1.53 bits per heavy atom. The standard InChI is InChI=1S/C10H18N4O.2ClH/c1-9(11)8-10(15)13(2)6-7-14-5-3-4-12-14;;/h3-5,9H,6-8,11H2,1-2H3;2*1H. The third-order valence-electron chi connectivity index (χ3n) is 2.15. The molecule has 2 N–H and O–H groups in total. The van der Waals surface area contributed by atoms with Crippen molar-refractivity contribution in [1.29, 1.82) is 0 Å². The third-order valence-corrected chi connectivity index (χ3v) is 2.15. The maximum atomic E-state index is 11.5. The Morgan fingerprint density at radius 3 is 2.65 bits per heavy atom. The quantitative estimate of drug-likeness (QED) is 0.874. The molecule has 0 saturated carbocycles. The number of halogens is 2. The van der Waals surface area contributed by atoms with Gasteiger partial charge in [-0.25, -0.2) is 0 Å². The van der Waals surface area contributed by atoms with Crippen LogP contribution in [-0.4, -0.2) is 40.2 Å². The highest BCUT2D eigenvalue weighted by molar-refractivity contribution is 5.85. The van der Waals surface area contributed by atoms with Crippen LogP contribution < -0.4 is 5.73 Å². The van der Waals surface area contributed by atoms with Crippen molar-refractivity contribution in [2.45, 2.75) is 25.9 Å². The topological polar surface area (TPSA) is 64.2 Å². The van der Waals surface area contributed by atoms with Gasteiger partial charge < -0.3 is 10.6 Å². The van der Waals surface area contributed by atoms with Gasteiger partial charge in [-0.1, -0.05) is 0 Å². The number of carbonyl (C=O) groups is 1. The van der Waals surface area contributed by atoms with Crippen molar-refractivity contribution in [3.63, 3.8) is 0 Å². The molecule has 1 aromatic rings. The summed E-state index contributed by atoms with van der Waals surface area (Å²) in [5, 5.41) is 4.06. The summed E-state index contributed by atoms with van der Waals surface area (Å²) in [7, 11) is 1.79. The SMILES string of the molecule is CC(N)CC(=O)N(C)CCn1cccn1.Cl.Cl. The highest BCUT2D eigenvalue weighted by Gasteiger charge is 2.10. The van der Waals surface area contributed by atoms with E-state index in [-0.39, 0.29) is 36.8 Å². The minimum atomic E-state index is -0.0790. The molecule has 1 rings (SSSR count). The van der Waals surface area contributed by atoms with Gasteiger partial charge in [-0.05, 0) is 13.0 Å². The number of amides is 1. The summed E-state index contributed by atoms with van der Waals surface area (Å²) in [5.41, 5.74) is 5.56. The molecule has 7 heteroatoms. The number of rotatable bonds is 5. The van der Waals surface area contributed by atoms with Gasteiger partial charge in [-0.15, -0.1) is 24.8 Å². The van der Waals surface area contributed by atoms with Crippen molar-refractivity contribution in [3.8, 4) is 0 Å². The van der Waals surface area contributed by atoms with E-state index in [1.54, 1.807) is 22.8 Å². The van der Waals surface area contributed by atoms with Crippen LogP contribution >= 0.6 is 24.8 Å². The molecule has 0 saturated heterocycles. The monoisotopic (exact) mass is 282 g/mol. The van der Waals surface area contributed by atoms with Crippen molar-refractivity contribution in [2.75, 3.05) is 13.6 Å². The second-order valence-electron chi connectivity index (χ2n) is 3.77. The maximum Gasteiger partial charge on any atom is 0.223 e. The summed E-state index contributed by atoms with van der Waals surface area (Å²) in [6, 6.07) is 1.79. The Kier molecular flexibility index (Phi) is 10.1. The Balaban J connectivity index is 0. The zero-order chi connectivity index (χ0) is 11.3. The predicted octanol–water partition coefficient (Wildman–Crippen LogP) is 0.922. The molecule has 1 unspecified atom stereocenters. The van der Waals surface area contributed by atoms with Gasteiger partial charge in [0.25, 0.3) is 0 Å². The fourth-order valence-corrected chi connectivity index (χ4v) is 1.24. The Hall–Kier alpha value is -0.780. The average Bonchev–Trinajstić information content (AvgIpc) is 2.65. The van der Waals surface area contributed by atoms with Gasteiger partial charge >= 0.3 is 0 Å². The van der Waals surface area contributed by atoms with Gasteiger partial charge in [0.15, 0.2) is 0 Å². The van der Waals surface area contributed by atoms with E-state index in [0.29, 0.717) is 19.5 Å². The van der Waals surface area contributed by atoms with Crippen molar-refractivity contribution < 1.29 is 4.79 Å². The van der Waals surface area contributed by atoms with E-state index in [0.717, 1.165) is 0 Å².